The molecule has 0 amide bonds. The predicted octanol–water partition coefficient (Wildman–Crippen LogP) is 4.32. The van der Waals surface area contributed by atoms with E-state index in [1.165, 1.54) is 11.9 Å². The Kier molecular flexibility index (Phi) is 4.31. The summed E-state index contributed by atoms with van der Waals surface area (Å²) in [4.78, 5) is 12.9. The van der Waals surface area contributed by atoms with Crippen LogP contribution in [-0.4, -0.2) is 37.5 Å². The van der Waals surface area contributed by atoms with Gasteiger partial charge in [-0.15, -0.1) is 0 Å². The van der Waals surface area contributed by atoms with E-state index in [1.54, 1.807) is 6.20 Å². The highest BCUT2D eigenvalue weighted by Gasteiger charge is 2.55. The van der Waals surface area contributed by atoms with Gasteiger partial charge in [-0.2, -0.15) is 0 Å². The minimum Gasteiger partial charge on any atom is -0.383 e. The number of hydrogen-bond acceptors (Lipinski definition) is 6. The van der Waals surface area contributed by atoms with Crippen molar-refractivity contribution >= 4 is 16.9 Å². The number of aromatic nitrogens is 4. The van der Waals surface area contributed by atoms with Gasteiger partial charge < -0.3 is 19.8 Å². The highest BCUT2D eigenvalue weighted by atomic mass is 16.8. The van der Waals surface area contributed by atoms with Crippen molar-refractivity contribution in [1.82, 2.24) is 19.5 Å². The van der Waals surface area contributed by atoms with Crippen molar-refractivity contribution in [2.75, 3.05) is 5.73 Å². The second-order valence-corrected chi connectivity index (χ2v) is 9.06. The van der Waals surface area contributed by atoms with Gasteiger partial charge in [0.05, 0.1) is 17.5 Å². The van der Waals surface area contributed by atoms with Gasteiger partial charge in [0.25, 0.3) is 0 Å². The van der Waals surface area contributed by atoms with Crippen molar-refractivity contribution in [3.05, 3.63) is 72.9 Å². The van der Waals surface area contributed by atoms with Crippen molar-refractivity contribution in [3.63, 3.8) is 0 Å². The molecule has 1 aliphatic heterocycles. The first-order valence-electron chi connectivity index (χ1n) is 10.9. The third-order valence-corrected chi connectivity index (χ3v) is 6.64. The molecule has 1 aliphatic carbocycles. The van der Waals surface area contributed by atoms with Gasteiger partial charge in [0.15, 0.2) is 5.79 Å². The van der Waals surface area contributed by atoms with Gasteiger partial charge in [-0.1, -0.05) is 30.3 Å². The summed E-state index contributed by atoms with van der Waals surface area (Å²) < 4.78 is 15.1. The molecule has 7 nitrogen and oxygen atoms in total. The Morgan fingerprint density at radius 2 is 1.88 bits per heavy atom. The highest BCUT2D eigenvalue weighted by molar-refractivity contribution is 5.86. The van der Waals surface area contributed by atoms with E-state index in [2.05, 4.69) is 49.9 Å². The summed E-state index contributed by atoms with van der Waals surface area (Å²) in [6, 6.07) is 14.8. The van der Waals surface area contributed by atoms with Gasteiger partial charge in [0.1, 0.15) is 23.9 Å². The highest BCUT2D eigenvalue weighted by Crippen LogP contribution is 2.51. The first kappa shape index (κ1) is 19.4. The van der Waals surface area contributed by atoms with E-state index in [4.69, 9.17) is 15.2 Å². The first-order valence-corrected chi connectivity index (χ1v) is 10.9. The normalized spacial score (nSPS) is 26.4. The number of anilines is 1. The molecule has 162 valence electrons. The fourth-order valence-corrected chi connectivity index (χ4v) is 5.29. The van der Waals surface area contributed by atoms with Crippen LogP contribution in [0.3, 0.4) is 0 Å². The maximum Gasteiger partial charge on any atom is 0.163 e. The molecule has 2 aliphatic rings. The van der Waals surface area contributed by atoms with Crippen LogP contribution < -0.4 is 5.73 Å². The van der Waals surface area contributed by atoms with Crippen LogP contribution in [0.4, 0.5) is 5.82 Å². The zero-order chi connectivity index (χ0) is 21.9. The number of nitrogens with two attached hydrogens (primary N) is 1. The summed E-state index contributed by atoms with van der Waals surface area (Å²) >= 11 is 0. The molecule has 0 bridgehead atoms. The van der Waals surface area contributed by atoms with Gasteiger partial charge in [-0.05, 0) is 49.1 Å². The maximum absolute atomic E-state index is 6.44. The number of pyridine rings is 1. The molecule has 4 aromatic rings. The van der Waals surface area contributed by atoms with Crippen molar-refractivity contribution in [1.29, 1.82) is 0 Å². The summed E-state index contributed by atoms with van der Waals surface area (Å²) in [6.07, 6.45) is 8.01. The Bertz CT molecular complexity index is 1290. The van der Waals surface area contributed by atoms with Gasteiger partial charge in [-0.25, -0.2) is 9.97 Å². The average Bonchev–Trinajstić information content (AvgIpc) is 3.46. The molecule has 0 radical (unpaired) electrons. The van der Waals surface area contributed by atoms with Crippen molar-refractivity contribution in [2.45, 2.75) is 50.2 Å². The van der Waals surface area contributed by atoms with Crippen LogP contribution in [0, 0.1) is 0 Å². The maximum atomic E-state index is 6.44. The lowest BCUT2D eigenvalue weighted by Crippen LogP contribution is -2.27. The number of nitrogens with zero attached hydrogens (tertiary/aromatic N) is 4. The molecule has 2 N–H and O–H groups in total. The van der Waals surface area contributed by atoms with Crippen LogP contribution in [0.2, 0.25) is 0 Å². The predicted molar refractivity (Wildman–Crippen MR) is 122 cm³/mol. The Labute approximate surface area is 186 Å². The smallest absolute Gasteiger partial charge is 0.163 e. The fourth-order valence-electron chi connectivity index (χ4n) is 5.29. The molecule has 0 unspecified atom stereocenters. The average molecular weight is 428 g/mol. The Morgan fingerprint density at radius 3 is 2.72 bits per heavy atom. The summed E-state index contributed by atoms with van der Waals surface area (Å²) in [7, 11) is 0. The van der Waals surface area contributed by atoms with E-state index >= 15 is 0 Å². The van der Waals surface area contributed by atoms with Gasteiger partial charge in [-0.3, -0.25) is 4.98 Å². The van der Waals surface area contributed by atoms with Gasteiger partial charge in [0, 0.05) is 24.5 Å². The molecule has 1 saturated heterocycles. The molecule has 6 rings (SSSR count). The largest absolute Gasteiger partial charge is 0.383 e. The lowest BCUT2D eigenvalue weighted by atomic mass is 9.92. The Morgan fingerprint density at radius 1 is 1.03 bits per heavy atom. The van der Waals surface area contributed by atoms with E-state index in [0.29, 0.717) is 5.82 Å². The monoisotopic (exact) mass is 427 g/mol. The topological polar surface area (TPSA) is 88.1 Å². The van der Waals surface area contributed by atoms with Crippen LogP contribution in [0.5, 0.6) is 0 Å². The Balaban J connectivity index is 1.41. The summed E-state index contributed by atoms with van der Waals surface area (Å²) in [5.41, 5.74) is 10.4. The molecule has 4 heterocycles. The molecular formula is C25H25N5O2. The number of nitrogen functional groups attached to an aromatic ring is 1. The SMILES string of the molecule is CC1(C)O[C@@H]2[C@H](O1)[C@@H](c1cccc(-c3cccnc3)c1)C[C@H]2n1ccc2c(N)ncnc21. The van der Waals surface area contributed by atoms with Crippen LogP contribution in [-0.2, 0) is 9.47 Å². The first-order chi connectivity index (χ1) is 15.5. The van der Waals surface area contributed by atoms with Crippen LogP contribution >= 0.6 is 0 Å². The van der Waals surface area contributed by atoms with E-state index in [0.717, 1.165) is 28.6 Å². The number of rotatable bonds is 3. The number of benzene rings is 1. The van der Waals surface area contributed by atoms with Crippen molar-refractivity contribution in [2.24, 2.45) is 0 Å². The minimum absolute atomic E-state index is 0.0456. The lowest BCUT2D eigenvalue weighted by Gasteiger charge is -2.25. The van der Waals surface area contributed by atoms with Crippen LogP contribution in [0.25, 0.3) is 22.2 Å². The summed E-state index contributed by atoms with van der Waals surface area (Å²) in [6.45, 7) is 3.97. The summed E-state index contributed by atoms with van der Waals surface area (Å²) in [5, 5.41) is 0.865. The lowest BCUT2D eigenvalue weighted by molar-refractivity contribution is -0.157. The Hall–Kier alpha value is -3.29. The third kappa shape index (κ3) is 3.08. The van der Waals surface area contributed by atoms with Crippen LogP contribution in [0.1, 0.15) is 37.8 Å². The van der Waals surface area contributed by atoms with Crippen LogP contribution in [0.15, 0.2) is 67.4 Å². The number of fused-ring (bicyclic) bond motifs is 2. The molecule has 32 heavy (non-hydrogen) atoms. The number of hydrogen-bond donors (Lipinski definition) is 1. The van der Waals surface area contributed by atoms with E-state index in [1.807, 2.05) is 38.4 Å². The zero-order valence-electron chi connectivity index (χ0n) is 18.1. The minimum atomic E-state index is -0.635. The van der Waals surface area contributed by atoms with Gasteiger partial charge in [0.2, 0.25) is 0 Å². The molecular weight excluding hydrogens is 402 g/mol. The second-order valence-electron chi connectivity index (χ2n) is 9.06. The fraction of sp³-hybridized carbons (Fsp3) is 0.320. The zero-order valence-corrected chi connectivity index (χ0v) is 18.1. The summed E-state index contributed by atoms with van der Waals surface area (Å²) in [5.74, 6) is 0.0532. The molecule has 3 aromatic heterocycles. The molecule has 0 spiro atoms. The standard InChI is InChI=1S/C25H25N5O2/c1-25(2)31-21-19(16-6-3-5-15(11-16)17-7-4-9-27-13-17)12-20(22(21)32-25)30-10-8-18-23(26)28-14-29-24(18)30/h3-11,13-14,19-22H,12H2,1-2H3,(H2,26,28,29)/t19-,20-,21-,22+/m1/s1. The second kappa shape index (κ2) is 7.12. The molecule has 7 heteroatoms. The van der Waals surface area contributed by atoms with Crippen molar-refractivity contribution < 1.29 is 9.47 Å². The third-order valence-electron chi connectivity index (χ3n) is 6.64. The van der Waals surface area contributed by atoms with E-state index in [9.17, 15) is 0 Å². The molecule has 1 saturated carbocycles. The van der Waals surface area contributed by atoms with Crippen molar-refractivity contribution in [3.8, 4) is 11.1 Å². The molecule has 1 aromatic carbocycles. The quantitative estimate of drug-likeness (QED) is 0.524. The van der Waals surface area contributed by atoms with E-state index < -0.39 is 5.79 Å². The number of ether oxygens (including phenoxy) is 2. The van der Waals surface area contributed by atoms with E-state index in [-0.39, 0.29) is 24.2 Å². The van der Waals surface area contributed by atoms with Gasteiger partial charge >= 0.3 is 0 Å². The molecule has 2 fully saturated rings. The molecule has 4 atom stereocenters.